The standard InChI is InChI=1S/C19H16NP/c1-2-15-10-12-16(13-11-15)21-19-9-4-3-7-17(19)18-8-5-6-14-20-18/h2-14,21H,1H2. The highest BCUT2D eigenvalue weighted by molar-refractivity contribution is 7.55. The maximum Gasteiger partial charge on any atom is 0.0708 e. The van der Waals surface area contributed by atoms with Crippen LogP contribution in [0.5, 0.6) is 0 Å². The number of pyridine rings is 1. The molecule has 0 aliphatic rings. The molecule has 0 saturated heterocycles. The molecule has 0 radical (unpaired) electrons. The van der Waals surface area contributed by atoms with Crippen LogP contribution >= 0.6 is 8.58 Å². The van der Waals surface area contributed by atoms with Crippen LogP contribution in [0.15, 0.2) is 79.5 Å². The summed E-state index contributed by atoms with van der Waals surface area (Å²) in [7, 11) is 0.625. The van der Waals surface area contributed by atoms with E-state index in [1.807, 2.05) is 24.4 Å². The van der Waals surface area contributed by atoms with Gasteiger partial charge >= 0.3 is 0 Å². The van der Waals surface area contributed by atoms with Crippen LogP contribution in [0.3, 0.4) is 0 Å². The molecule has 0 saturated carbocycles. The molecule has 3 aromatic rings. The van der Waals surface area contributed by atoms with Gasteiger partial charge in [-0.1, -0.05) is 75.8 Å². The van der Waals surface area contributed by atoms with E-state index in [2.05, 4.69) is 66.2 Å². The predicted molar refractivity (Wildman–Crippen MR) is 93.8 cm³/mol. The molecular formula is C19H16NP. The molecule has 0 spiro atoms. The number of hydrogen-bond acceptors (Lipinski definition) is 1. The van der Waals surface area contributed by atoms with Crippen molar-refractivity contribution in [1.29, 1.82) is 0 Å². The van der Waals surface area contributed by atoms with E-state index in [4.69, 9.17) is 0 Å². The monoisotopic (exact) mass is 289 g/mol. The number of benzene rings is 2. The molecule has 1 heterocycles. The highest BCUT2D eigenvalue weighted by Gasteiger charge is 2.06. The van der Waals surface area contributed by atoms with Gasteiger partial charge in [-0.15, -0.1) is 0 Å². The van der Waals surface area contributed by atoms with Crippen molar-refractivity contribution in [1.82, 2.24) is 4.98 Å². The Morgan fingerprint density at radius 3 is 2.33 bits per heavy atom. The average molecular weight is 289 g/mol. The Labute approximate surface area is 127 Å². The van der Waals surface area contributed by atoms with Gasteiger partial charge in [-0.05, 0) is 28.3 Å². The lowest BCUT2D eigenvalue weighted by Gasteiger charge is -2.09. The summed E-state index contributed by atoms with van der Waals surface area (Å²) in [5.41, 5.74) is 3.40. The lowest BCUT2D eigenvalue weighted by atomic mass is 10.1. The van der Waals surface area contributed by atoms with E-state index in [1.165, 1.54) is 16.2 Å². The molecule has 0 aliphatic carbocycles. The van der Waals surface area contributed by atoms with Crippen molar-refractivity contribution in [2.45, 2.75) is 0 Å². The summed E-state index contributed by atoms with van der Waals surface area (Å²) < 4.78 is 0. The van der Waals surface area contributed by atoms with Gasteiger partial charge in [0.15, 0.2) is 0 Å². The fourth-order valence-electron chi connectivity index (χ4n) is 2.20. The Kier molecular flexibility index (Phi) is 4.23. The Bertz CT molecular complexity index is 733. The first-order valence-corrected chi connectivity index (χ1v) is 7.87. The first-order chi connectivity index (χ1) is 10.4. The second-order valence-electron chi connectivity index (χ2n) is 4.71. The lowest BCUT2D eigenvalue weighted by molar-refractivity contribution is 1.33. The topological polar surface area (TPSA) is 12.9 Å². The van der Waals surface area contributed by atoms with Crippen molar-refractivity contribution in [2.75, 3.05) is 0 Å². The highest BCUT2D eigenvalue weighted by atomic mass is 31.1. The molecule has 21 heavy (non-hydrogen) atoms. The molecule has 0 amide bonds. The minimum Gasteiger partial charge on any atom is -0.256 e. The van der Waals surface area contributed by atoms with Crippen molar-refractivity contribution in [3.8, 4) is 11.3 Å². The van der Waals surface area contributed by atoms with Gasteiger partial charge in [0.1, 0.15) is 0 Å². The second kappa shape index (κ2) is 6.47. The van der Waals surface area contributed by atoms with E-state index in [0.29, 0.717) is 8.58 Å². The van der Waals surface area contributed by atoms with E-state index in [-0.39, 0.29) is 0 Å². The third-order valence-corrected chi connectivity index (χ3v) is 4.62. The van der Waals surface area contributed by atoms with Crippen molar-refractivity contribution in [3.63, 3.8) is 0 Å². The van der Waals surface area contributed by atoms with Gasteiger partial charge in [-0.2, -0.15) is 0 Å². The first-order valence-electron chi connectivity index (χ1n) is 6.87. The molecule has 0 N–H and O–H groups in total. The Balaban J connectivity index is 1.93. The van der Waals surface area contributed by atoms with E-state index in [1.54, 1.807) is 0 Å². The number of aromatic nitrogens is 1. The maximum atomic E-state index is 4.47. The van der Waals surface area contributed by atoms with Crippen LogP contribution in [0.25, 0.3) is 17.3 Å². The predicted octanol–water partition coefficient (Wildman–Crippen LogP) is 4.02. The molecule has 1 aromatic heterocycles. The smallest absolute Gasteiger partial charge is 0.0708 e. The summed E-state index contributed by atoms with van der Waals surface area (Å²) in [6.45, 7) is 3.79. The average Bonchev–Trinajstić information content (AvgIpc) is 2.57. The van der Waals surface area contributed by atoms with Gasteiger partial charge < -0.3 is 0 Å². The minimum absolute atomic E-state index is 0.625. The van der Waals surface area contributed by atoms with Gasteiger partial charge in [0.25, 0.3) is 0 Å². The van der Waals surface area contributed by atoms with E-state index in [9.17, 15) is 0 Å². The largest absolute Gasteiger partial charge is 0.256 e. The fourth-order valence-corrected chi connectivity index (χ4v) is 3.37. The summed E-state index contributed by atoms with van der Waals surface area (Å²) in [6, 6.07) is 23.1. The summed E-state index contributed by atoms with van der Waals surface area (Å²) in [5, 5.41) is 2.64. The van der Waals surface area contributed by atoms with Crippen LogP contribution < -0.4 is 10.6 Å². The lowest BCUT2D eigenvalue weighted by Crippen LogP contribution is -2.06. The molecule has 1 unspecified atom stereocenters. The van der Waals surface area contributed by atoms with Crippen molar-refractivity contribution in [2.24, 2.45) is 0 Å². The van der Waals surface area contributed by atoms with Crippen LogP contribution in [0, 0.1) is 0 Å². The van der Waals surface area contributed by atoms with E-state index < -0.39 is 0 Å². The van der Waals surface area contributed by atoms with Gasteiger partial charge in [-0.3, -0.25) is 4.98 Å². The van der Waals surface area contributed by atoms with E-state index >= 15 is 0 Å². The molecule has 1 nitrogen and oxygen atoms in total. The van der Waals surface area contributed by atoms with Crippen LogP contribution in [-0.4, -0.2) is 4.98 Å². The van der Waals surface area contributed by atoms with Gasteiger partial charge in [0.05, 0.1) is 5.69 Å². The third-order valence-electron chi connectivity index (χ3n) is 3.29. The molecule has 0 bridgehead atoms. The van der Waals surface area contributed by atoms with Crippen LogP contribution in [0.4, 0.5) is 0 Å². The van der Waals surface area contributed by atoms with Gasteiger partial charge in [0.2, 0.25) is 0 Å². The summed E-state index contributed by atoms with van der Waals surface area (Å²) in [6.07, 6.45) is 3.71. The van der Waals surface area contributed by atoms with Crippen LogP contribution in [-0.2, 0) is 0 Å². The molecule has 0 aliphatic heterocycles. The Morgan fingerprint density at radius 2 is 1.62 bits per heavy atom. The quantitative estimate of drug-likeness (QED) is 0.661. The molecule has 2 aromatic carbocycles. The zero-order valence-electron chi connectivity index (χ0n) is 11.7. The highest BCUT2D eigenvalue weighted by Crippen LogP contribution is 2.21. The molecule has 3 rings (SSSR count). The third kappa shape index (κ3) is 3.26. The summed E-state index contributed by atoms with van der Waals surface area (Å²) >= 11 is 0. The molecule has 0 fully saturated rings. The molecule has 1 atom stereocenters. The normalized spacial score (nSPS) is 10.9. The first kappa shape index (κ1) is 13.7. The Hall–Kier alpha value is -2.24. The zero-order chi connectivity index (χ0) is 14.5. The summed E-state index contributed by atoms with van der Waals surface area (Å²) in [4.78, 5) is 4.47. The Morgan fingerprint density at radius 1 is 0.857 bits per heavy atom. The number of hydrogen-bond donors (Lipinski definition) is 0. The van der Waals surface area contributed by atoms with E-state index in [0.717, 1.165) is 11.3 Å². The zero-order valence-corrected chi connectivity index (χ0v) is 12.7. The second-order valence-corrected chi connectivity index (χ2v) is 6.08. The maximum absolute atomic E-state index is 4.47. The van der Waals surface area contributed by atoms with Gasteiger partial charge in [0, 0.05) is 11.8 Å². The minimum atomic E-state index is 0.625. The molecule has 2 heteroatoms. The van der Waals surface area contributed by atoms with Crippen LogP contribution in [0.2, 0.25) is 0 Å². The summed E-state index contributed by atoms with van der Waals surface area (Å²) in [5.74, 6) is 0. The van der Waals surface area contributed by atoms with Gasteiger partial charge in [-0.25, -0.2) is 0 Å². The van der Waals surface area contributed by atoms with Crippen LogP contribution in [0.1, 0.15) is 5.56 Å². The van der Waals surface area contributed by atoms with Crippen molar-refractivity contribution in [3.05, 3.63) is 85.1 Å². The molecule has 102 valence electrons. The fraction of sp³-hybridized carbons (Fsp3) is 0. The number of rotatable bonds is 4. The SMILES string of the molecule is C=Cc1ccc(Pc2ccccc2-c2ccccn2)cc1. The number of nitrogens with zero attached hydrogens (tertiary/aromatic N) is 1. The van der Waals surface area contributed by atoms with Crippen molar-refractivity contribution < 1.29 is 0 Å². The molecular weight excluding hydrogens is 273 g/mol. The van der Waals surface area contributed by atoms with Crippen molar-refractivity contribution >= 4 is 25.3 Å².